The van der Waals surface area contributed by atoms with Crippen molar-refractivity contribution in [3.05, 3.63) is 59.7 Å². The number of nitrogens with zero attached hydrogens (tertiary/aromatic N) is 3. The molecule has 0 saturated heterocycles. The fourth-order valence-electron chi connectivity index (χ4n) is 1.99. The predicted octanol–water partition coefficient (Wildman–Crippen LogP) is 2.61. The van der Waals surface area contributed by atoms with Crippen LogP contribution in [0.4, 0.5) is 5.69 Å². The summed E-state index contributed by atoms with van der Waals surface area (Å²) in [5, 5.41) is 4.00. The van der Waals surface area contributed by atoms with Crippen molar-refractivity contribution < 1.29 is 4.52 Å². The summed E-state index contributed by atoms with van der Waals surface area (Å²) < 4.78 is 5.32. The number of nitrogens with two attached hydrogens (primary N) is 1. The predicted molar refractivity (Wildman–Crippen MR) is 75.9 cm³/mol. The number of aromatic nitrogens is 3. The topological polar surface area (TPSA) is 77.8 Å². The molecule has 100 valence electrons. The highest BCUT2D eigenvalue weighted by Gasteiger charge is 2.12. The molecule has 3 aromatic rings. The van der Waals surface area contributed by atoms with E-state index in [1.165, 1.54) is 0 Å². The maximum Gasteiger partial charge on any atom is 0.258 e. The van der Waals surface area contributed by atoms with E-state index in [9.17, 15) is 0 Å². The number of hydrogen-bond acceptors (Lipinski definition) is 5. The van der Waals surface area contributed by atoms with Crippen LogP contribution in [0.3, 0.4) is 0 Å². The highest BCUT2D eigenvalue weighted by Crippen LogP contribution is 2.24. The zero-order chi connectivity index (χ0) is 13.9. The molecule has 5 heteroatoms. The number of rotatable bonds is 3. The fraction of sp³-hybridized carbons (Fsp3) is 0.133. The lowest BCUT2D eigenvalue weighted by Gasteiger charge is -2.01. The monoisotopic (exact) mass is 266 g/mol. The van der Waals surface area contributed by atoms with E-state index < -0.39 is 0 Å². The van der Waals surface area contributed by atoms with Crippen LogP contribution in [0.2, 0.25) is 0 Å². The Morgan fingerprint density at radius 1 is 1.25 bits per heavy atom. The second-order valence-corrected chi connectivity index (χ2v) is 4.63. The second-order valence-electron chi connectivity index (χ2n) is 4.63. The maximum atomic E-state index is 5.80. The molecule has 0 bridgehead atoms. The third-order valence-electron chi connectivity index (χ3n) is 3.05. The van der Waals surface area contributed by atoms with Gasteiger partial charge in [0.1, 0.15) is 0 Å². The quantitative estimate of drug-likeness (QED) is 0.737. The van der Waals surface area contributed by atoms with Crippen LogP contribution < -0.4 is 5.73 Å². The number of anilines is 1. The first-order valence-corrected chi connectivity index (χ1v) is 6.30. The van der Waals surface area contributed by atoms with E-state index in [2.05, 4.69) is 15.1 Å². The first-order chi connectivity index (χ1) is 9.72. The van der Waals surface area contributed by atoms with Crippen LogP contribution in [0.15, 0.2) is 47.2 Å². The first-order valence-electron chi connectivity index (χ1n) is 6.30. The Balaban J connectivity index is 1.88. The number of pyridine rings is 1. The van der Waals surface area contributed by atoms with E-state index in [1.807, 2.05) is 37.3 Å². The van der Waals surface area contributed by atoms with Gasteiger partial charge in [-0.1, -0.05) is 17.3 Å². The molecular weight excluding hydrogens is 252 g/mol. The molecule has 20 heavy (non-hydrogen) atoms. The van der Waals surface area contributed by atoms with Crippen molar-refractivity contribution in [2.45, 2.75) is 13.3 Å². The lowest BCUT2D eigenvalue weighted by atomic mass is 10.1. The maximum absolute atomic E-state index is 5.80. The lowest BCUT2D eigenvalue weighted by molar-refractivity contribution is 0.423. The van der Waals surface area contributed by atoms with Crippen molar-refractivity contribution in [3.63, 3.8) is 0 Å². The summed E-state index contributed by atoms with van der Waals surface area (Å²) in [6.45, 7) is 1.99. The fourth-order valence-corrected chi connectivity index (χ4v) is 1.99. The minimum absolute atomic E-state index is 0.494. The van der Waals surface area contributed by atoms with E-state index >= 15 is 0 Å². The van der Waals surface area contributed by atoms with Gasteiger partial charge >= 0.3 is 0 Å². The molecule has 2 aromatic heterocycles. The highest BCUT2D eigenvalue weighted by molar-refractivity contribution is 5.63. The molecule has 2 heterocycles. The van der Waals surface area contributed by atoms with Crippen molar-refractivity contribution in [2.75, 3.05) is 5.73 Å². The zero-order valence-corrected chi connectivity index (χ0v) is 11.1. The van der Waals surface area contributed by atoms with Crippen molar-refractivity contribution >= 4 is 5.69 Å². The molecule has 2 N–H and O–H groups in total. The molecule has 0 atom stereocenters. The van der Waals surface area contributed by atoms with E-state index in [1.54, 1.807) is 12.4 Å². The minimum Gasteiger partial charge on any atom is -0.399 e. The third-order valence-corrected chi connectivity index (χ3v) is 3.05. The Hall–Kier alpha value is -2.69. The lowest BCUT2D eigenvalue weighted by Crippen LogP contribution is -1.92. The van der Waals surface area contributed by atoms with Crippen LogP contribution in [-0.4, -0.2) is 15.1 Å². The number of benzene rings is 1. The Kier molecular flexibility index (Phi) is 3.16. The molecule has 0 amide bonds. The Bertz CT molecular complexity index is 722. The van der Waals surface area contributed by atoms with Gasteiger partial charge in [-0.2, -0.15) is 4.98 Å². The first kappa shape index (κ1) is 12.3. The van der Waals surface area contributed by atoms with Gasteiger partial charge in [-0.25, -0.2) is 0 Å². The van der Waals surface area contributed by atoms with Crippen LogP contribution >= 0.6 is 0 Å². The van der Waals surface area contributed by atoms with Gasteiger partial charge in [0.05, 0.1) is 0 Å². The number of aryl methyl sites for hydroxylation is 1. The summed E-state index contributed by atoms with van der Waals surface area (Å²) >= 11 is 0. The molecule has 0 aliphatic heterocycles. The smallest absolute Gasteiger partial charge is 0.258 e. The average Bonchev–Trinajstić information content (AvgIpc) is 2.91. The molecule has 1 aromatic carbocycles. The Morgan fingerprint density at radius 2 is 2.15 bits per heavy atom. The average molecular weight is 266 g/mol. The summed E-state index contributed by atoms with van der Waals surface area (Å²) in [6, 6.07) is 9.51. The summed E-state index contributed by atoms with van der Waals surface area (Å²) in [4.78, 5) is 8.49. The van der Waals surface area contributed by atoms with E-state index in [-0.39, 0.29) is 0 Å². The normalized spacial score (nSPS) is 10.7. The van der Waals surface area contributed by atoms with E-state index in [4.69, 9.17) is 10.3 Å². The Labute approximate surface area is 116 Å². The molecule has 0 aliphatic rings. The van der Waals surface area contributed by atoms with Gasteiger partial charge in [-0.15, -0.1) is 0 Å². The largest absolute Gasteiger partial charge is 0.399 e. The van der Waals surface area contributed by atoms with Gasteiger partial charge in [0.2, 0.25) is 0 Å². The van der Waals surface area contributed by atoms with Crippen LogP contribution in [0.25, 0.3) is 11.5 Å². The van der Waals surface area contributed by atoms with Gasteiger partial charge in [-0.05, 0) is 36.2 Å². The molecular formula is C15H14N4O. The molecule has 0 fully saturated rings. The molecule has 0 radical (unpaired) electrons. The van der Waals surface area contributed by atoms with Crippen LogP contribution in [0, 0.1) is 6.92 Å². The second kappa shape index (κ2) is 5.13. The van der Waals surface area contributed by atoms with Crippen molar-refractivity contribution in [1.29, 1.82) is 0 Å². The zero-order valence-electron chi connectivity index (χ0n) is 11.1. The van der Waals surface area contributed by atoms with Crippen LogP contribution in [-0.2, 0) is 6.42 Å². The van der Waals surface area contributed by atoms with Crippen molar-refractivity contribution in [2.24, 2.45) is 0 Å². The number of nitrogen functional groups attached to an aromatic ring is 1. The third kappa shape index (κ3) is 2.51. The highest BCUT2D eigenvalue weighted by atomic mass is 16.5. The Morgan fingerprint density at radius 3 is 2.95 bits per heavy atom. The summed E-state index contributed by atoms with van der Waals surface area (Å²) in [7, 11) is 0. The molecule has 0 spiro atoms. The van der Waals surface area contributed by atoms with Crippen LogP contribution in [0.5, 0.6) is 0 Å². The van der Waals surface area contributed by atoms with Gasteiger partial charge in [0.15, 0.2) is 5.82 Å². The van der Waals surface area contributed by atoms with Gasteiger partial charge in [-0.3, -0.25) is 4.98 Å². The van der Waals surface area contributed by atoms with Crippen molar-refractivity contribution in [1.82, 2.24) is 15.1 Å². The van der Waals surface area contributed by atoms with E-state index in [0.717, 1.165) is 16.7 Å². The van der Waals surface area contributed by atoms with E-state index in [0.29, 0.717) is 23.8 Å². The molecule has 0 aliphatic carbocycles. The molecule has 5 nitrogen and oxygen atoms in total. The SMILES string of the molecule is Cc1ccc(N)cc1-c1nc(Cc2cccnc2)no1. The van der Waals surface area contributed by atoms with Crippen molar-refractivity contribution in [3.8, 4) is 11.5 Å². The summed E-state index contributed by atoms with van der Waals surface area (Å²) in [6.07, 6.45) is 4.13. The molecule has 0 saturated carbocycles. The van der Waals surface area contributed by atoms with Crippen LogP contribution in [0.1, 0.15) is 17.0 Å². The molecule has 3 rings (SSSR count). The standard InChI is InChI=1S/C15H14N4O/c1-10-4-5-12(16)8-13(10)15-18-14(19-20-15)7-11-3-2-6-17-9-11/h2-6,8-9H,7,16H2,1H3. The molecule has 0 unspecified atom stereocenters. The summed E-state index contributed by atoms with van der Waals surface area (Å²) in [5.74, 6) is 1.13. The van der Waals surface area contributed by atoms with Gasteiger partial charge in [0.25, 0.3) is 5.89 Å². The van der Waals surface area contributed by atoms with Gasteiger partial charge in [0, 0.05) is 30.1 Å². The van der Waals surface area contributed by atoms with Gasteiger partial charge < -0.3 is 10.3 Å². The summed E-state index contributed by atoms with van der Waals surface area (Å²) in [5.41, 5.74) is 9.44. The number of hydrogen-bond donors (Lipinski definition) is 1. The minimum atomic E-state index is 0.494.